The van der Waals surface area contributed by atoms with Gasteiger partial charge in [-0.2, -0.15) is 0 Å². The first kappa shape index (κ1) is 23.7. The minimum atomic E-state index is -1.45. The van der Waals surface area contributed by atoms with Crippen molar-refractivity contribution in [2.75, 3.05) is 12.8 Å². The third kappa shape index (κ3) is 13.1. The second-order valence-electron chi connectivity index (χ2n) is 5.64. The van der Waals surface area contributed by atoms with Gasteiger partial charge in [-0.15, -0.1) is 4.52 Å². The maximum Gasteiger partial charge on any atom is 0.508 e. The molecular formula is C16H34NdO2P+. The van der Waals surface area contributed by atoms with Gasteiger partial charge in [0.15, 0.2) is 6.16 Å². The van der Waals surface area contributed by atoms with Crippen molar-refractivity contribution in [3.63, 3.8) is 0 Å². The SMILES string of the molecule is CCCCC(CC)CO[P+](=O)CC(CC)CCCC.[Nd]. The molecule has 0 radical (unpaired) electrons. The van der Waals surface area contributed by atoms with Gasteiger partial charge in [0.05, 0.1) is 0 Å². The van der Waals surface area contributed by atoms with Gasteiger partial charge in [0, 0.05) is 46.8 Å². The van der Waals surface area contributed by atoms with Crippen LogP contribution in [0, 0.1) is 52.7 Å². The number of hydrogen-bond acceptors (Lipinski definition) is 2. The van der Waals surface area contributed by atoms with Crippen LogP contribution in [-0.2, 0) is 9.09 Å². The molecule has 0 aromatic carbocycles. The molecule has 0 N–H and O–H groups in total. The van der Waals surface area contributed by atoms with Crippen LogP contribution in [0.15, 0.2) is 0 Å². The molecule has 0 aliphatic rings. The van der Waals surface area contributed by atoms with E-state index < -0.39 is 8.03 Å². The molecule has 3 atom stereocenters. The normalized spacial score (nSPS) is 14.5. The second-order valence-corrected chi connectivity index (χ2v) is 6.93. The van der Waals surface area contributed by atoms with Crippen LogP contribution in [0.25, 0.3) is 0 Å². The van der Waals surface area contributed by atoms with E-state index in [1.165, 1.54) is 38.5 Å². The van der Waals surface area contributed by atoms with Crippen LogP contribution in [0.3, 0.4) is 0 Å². The van der Waals surface area contributed by atoms with Crippen molar-refractivity contribution in [3.8, 4) is 0 Å². The molecule has 0 saturated carbocycles. The van der Waals surface area contributed by atoms with E-state index in [-0.39, 0.29) is 40.8 Å². The van der Waals surface area contributed by atoms with E-state index in [1.54, 1.807) is 0 Å². The Hall–Kier alpha value is 1.41. The molecule has 0 aliphatic carbocycles. The first-order chi connectivity index (χ1) is 9.17. The molecule has 118 valence electrons. The summed E-state index contributed by atoms with van der Waals surface area (Å²) < 4.78 is 17.6. The van der Waals surface area contributed by atoms with Crippen LogP contribution in [0.2, 0.25) is 0 Å². The third-order valence-corrected chi connectivity index (χ3v) is 5.20. The summed E-state index contributed by atoms with van der Waals surface area (Å²) in [4.78, 5) is 0. The van der Waals surface area contributed by atoms with E-state index in [2.05, 4.69) is 27.7 Å². The van der Waals surface area contributed by atoms with E-state index >= 15 is 0 Å². The molecule has 0 aliphatic heterocycles. The third-order valence-electron chi connectivity index (χ3n) is 3.95. The fourth-order valence-electron chi connectivity index (χ4n) is 2.27. The molecule has 0 aromatic rings. The molecule has 0 bridgehead atoms. The van der Waals surface area contributed by atoms with Crippen LogP contribution in [0.1, 0.15) is 79.1 Å². The summed E-state index contributed by atoms with van der Waals surface area (Å²) >= 11 is 0. The van der Waals surface area contributed by atoms with Gasteiger partial charge < -0.3 is 0 Å². The molecule has 2 nitrogen and oxygen atoms in total. The van der Waals surface area contributed by atoms with Gasteiger partial charge in [-0.25, -0.2) is 0 Å². The van der Waals surface area contributed by atoms with Gasteiger partial charge in [-0.05, 0) is 29.7 Å². The summed E-state index contributed by atoms with van der Waals surface area (Å²) in [6, 6.07) is 0. The first-order valence-corrected chi connectivity index (χ1v) is 9.61. The molecule has 0 spiro atoms. The smallest absolute Gasteiger partial charge is 0.146 e. The number of unbranched alkanes of at least 4 members (excludes halogenated alkanes) is 2. The Morgan fingerprint density at radius 2 is 1.40 bits per heavy atom. The Morgan fingerprint density at radius 3 is 1.85 bits per heavy atom. The average Bonchev–Trinajstić information content (AvgIpc) is 2.43. The molecule has 0 heterocycles. The second kappa shape index (κ2) is 16.8. The fourth-order valence-corrected chi connectivity index (χ4v) is 3.61. The number of hydrogen-bond donors (Lipinski definition) is 0. The van der Waals surface area contributed by atoms with E-state index in [0.717, 1.165) is 19.0 Å². The van der Waals surface area contributed by atoms with Gasteiger partial charge in [-0.3, -0.25) is 0 Å². The van der Waals surface area contributed by atoms with Gasteiger partial charge in [0.2, 0.25) is 0 Å². The van der Waals surface area contributed by atoms with Crippen LogP contribution >= 0.6 is 8.03 Å². The summed E-state index contributed by atoms with van der Waals surface area (Å²) in [7, 11) is -1.45. The van der Waals surface area contributed by atoms with Gasteiger partial charge in [0.1, 0.15) is 6.61 Å². The Bertz CT molecular complexity index is 225. The molecule has 4 heteroatoms. The van der Waals surface area contributed by atoms with Crippen molar-refractivity contribution in [2.45, 2.75) is 79.1 Å². The summed E-state index contributed by atoms with van der Waals surface area (Å²) in [5.74, 6) is 1.17. The maximum atomic E-state index is 12.0. The first-order valence-electron chi connectivity index (χ1n) is 8.25. The van der Waals surface area contributed by atoms with Crippen molar-refractivity contribution >= 4 is 8.03 Å². The Labute approximate surface area is 160 Å². The Balaban J connectivity index is 0. The van der Waals surface area contributed by atoms with E-state index in [1.807, 2.05) is 0 Å². The van der Waals surface area contributed by atoms with Gasteiger partial charge >= 0.3 is 8.03 Å². The summed E-state index contributed by atoms with van der Waals surface area (Å²) in [5.41, 5.74) is 0. The van der Waals surface area contributed by atoms with Crippen LogP contribution in [-0.4, -0.2) is 12.8 Å². The van der Waals surface area contributed by atoms with Crippen LogP contribution in [0.4, 0.5) is 0 Å². The number of rotatable bonds is 13. The quantitative estimate of drug-likeness (QED) is 0.324. The zero-order chi connectivity index (χ0) is 14.5. The van der Waals surface area contributed by atoms with Crippen molar-refractivity contribution in [1.29, 1.82) is 0 Å². The Morgan fingerprint density at radius 1 is 0.900 bits per heavy atom. The predicted octanol–water partition coefficient (Wildman–Crippen LogP) is 6.18. The average molecular weight is 434 g/mol. The van der Waals surface area contributed by atoms with Crippen LogP contribution in [0.5, 0.6) is 0 Å². The summed E-state index contributed by atoms with van der Waals surface area (Å²) in [6.45, 7) is 9.51. The van der Waals surface area contributed by atoms with Crippen molar-refractivity contribution in [1.82, 2.24) is 0 Å². The molecular weight excluding hydrogens is 399 g/mol. The van der Waals surface area contributed by atoms with E-state index in [9.17, 15) is 4.57 Å². The zero-order valence-electron chi connectivity index (χ0n) is 14.0. The monoisotopic (exact) mass is 431 g/mol. The predicted molar refractivity (Wildman–Crippen MR) is 85.0 cm³/mol. The van der Waals surface area contributed by atoms with Crippen molar-refractivity contribution in [2.24, 2.45) is 11.8 Å². The van der Waals surface area contributed by atoms with Gasteiger partial charge in [0.25, 0.3) is 0 Å². The molecule has 0 fully saturated rings. The minimum Gasteiger partial charge on any atom is -0.146 e. The largest absolute Gasteiger partial charge is 0.508 e. The fraction of sp³-hybridized carbons (Fsp3) is 1.00. The standard InChI is InChI=1S/C16H34O2P.Nd/c1-5-9-11-15(7-3)13-18-19(17)14-16(8-4)12-10-6-2;/h15-16H,5-14H2,1-4H3;/q+1;. The molecule has 3 unspecified atom stereocenters. The van der Waals surface area contributed by atoms with E-state index in [0.29, 0.717) is 18.4 Å². The zero-order valence-corrected chi connectivity index (χ0v) is 18.1. The van der Waals surface area contributed by atoms with Crippen molar-refractivity contribution < 1.29 is 49.9 Å². The maximum absolute atomic E-state index is 12.0. The molecule has 20 heavy (non-hydrogen) atoms. The summed E-state index contributed by atoms with van der Waals surface area (Å²) in [5, 5.41) is 0. The minimum absolute atomic E-state index is 0. The van der Waals surface area contributed by atoms with Gasteiger partial charge in [-0.1, -0.05) is 59.8 Å². The van der Waals surface area contributed by atoms with E-state index in [4.69, 9.17) is 4.52 Å². The Kier molecular flexibility index (Phi) is 19.9. The van der Waals surface area contributed by atoms with Crippen LogP contribution < -0.4 is 0 Å². The molecule has 0 aromatic heterocycles. The molecule has 0 saturated heterocycles. The molecule has 0 rings (SSSR count). The van der Waals surface area contributed by atoms with Crippen molar-refractivity contribution in [3.05, 3.63) is 0 Å². The summed E-state index contributed by atoms with van der Waals surface area (Å²) in [6.07, 6.45) is 10.4. The molecule has 0 amide bonds. The topological polar surface area (TPSA) is 26.3 Å².